The van der Waals surface area contributed by atoms with E-state index >= 15 is 0 Å². The van der Waals surface area contributed by atoms with Crippen molar-refractivity contribution in [3.05, 3.63) is 29.8 Å². The van der Waals surface area contributed by atoms with E-state index in [-0.39, 0.29) is 12.4 Å². The lowest BCUT2D eigenvalue weighted by molar-refractivity contribution is 0.129. The average Bonchev–Trinajstić information content (AvgIpc) is 2.30. The van der Waals surface area contributed by atoms with E-state index in [1.54, 1.807) is 12.1 Å². The van der Waals surface area contributed by atoms with E-state index < -0.39 is 5.54 Å². The fraction of sp³-hybridized carbons (Fsp3) is 0.500. The molecule has 82 valence electrons. The van der Waals surface area contributed by atoms with Crippen LogP contribution in [0.5, 0.6) is 5.75 Å². The van der Waals surface area contributed by atoms with Crippen LogP contribution in [0, 0.1) is 0 Å². The van der Waals surface area contributed by atoms with Crippen LogP contribution < -0.4 is 5.32 Å². The molecule has 1 aliphatic heterocycles. The number of nitrogens with one attached hydrogen (secondary N) is 1. The van der Waals surface area contributed by atoms with Gasteiger partial charge in [-0.25, -0.2) is 0 Å². The molecule has 3 nitrogen and oxygen atoms in total. The molecule has 1 aliphatic rings. The Hall–Kier alpha value is -1.06. The predicted molar refractivity (Wildman–Crippen MR) is 58.7 cm³/mol. The number of benzene rings is 1. The van der Waals surface area contributed by atoms with Gasteiger partial charge in [0.05, 0.1) is 12.1 Å². The first kappa shape index (κ1) is 10.5. The van der Waals surface area contributed by atoms with Crippen LogP contribution in [-0.2, 0) is 5.54 Å². The zero-order valence-electron chi connectivity index (χ0n) is 8.74. The highest BCUT2D eigenvalue weighted by Gasteiger charge is 2.34. The Kier molecular flexibility index (Phi) is 2.93. The first-order chi connectivity index (χ1) is 7.28. The van der Waals surface area contributed by atoms with Gasteiger partial charge in [0.1, 0.15) is 5.75 Å². The van der Waals surface area contributed by atoms with Crippen molar-refractivity contribution >= 4 is 0 Å². The van der Waals surface area contributed by atoms with Gasteiger partial charge in [0.25, 0.3) is 0 Å². The van der Waals surface area contributed by atoms with Crippen LogP contribution >= 0.6 is 0 Å². The van der Waals surface area contributed by atoms with Gasteiger partial charge >= 0.3 is 0 Å². The van der Waals surface area contributed by atoms with Gasteiger partial charge < -0.3 is 15.5 Å². The maximum absolute atomic E-state index is 9.81. The molecule has 0 spiro atoms. The number of para-hydroxylation sites is 1. The van der Waals surface area contributed by atoms with Crippen molar-refractivity contribution in [3.63, 3.8) is 0 Å². The third kappa shape index (κ3) is 1.85. The quantitative estimate of drug-likeness (QED) is 0.686. The molecule has 1 aromatic carbocycles. The summed E-state index contributed by atoms with van der Waals surface area (Å²) in [6, 6.07) is 7.24. The zero-order chi connectivity index (χ0) is 10.7. The Balaban J connectivity index is 2.36. The lowest BCUT2D eigenvalue weighted by atomic mass is 9.82. The second kappa shape index (κ2) is 4.21. The molecular weight excluding hydrogens is 190 g/mol. The van der Waals surface area contributed by atoms with E-state index in [1.807, 2.05) is 12.1 Å². The smallest absolute Gasteiger partial charge is 0.120 e. The van der Waals surface area contributed by atoms with Crippen LogP contribution in [0.2, 0.25) is 0 Å². The summed E-state index contributed by atoms with van der Waals surface area (Å²) in [6.45, 7) is 0.930. The Morgan fingerprint density at radius 2 is 2.07 bits per heavy atom. The molecule has 0 bridgehead atoms. The van der Waals surface area contributed by atoms with Crippen molar-refractivity contribution in [2.24, 2.45) is 0 Å². The highest BCUT2D eigenvalue weighted by atomic mass is 16.3. The molecule has 0 saturated carbocycles. The number of rotatable bonds is 2. The number of phenolic OH excluding ortho intramolecular Hbond substituents is 1. The Labute approximate surface area is 89.8 Å². The fourth-order valence-electron chi connectivity index (χ4n) is 2.30. The average molecular weight is 207 g/mol. The van der Waals surface area contributed by atoms with Crippen LogP contribution in [0.25, 0.3) is 0 Å². The number of aromatic hydroxyl groups is 1. The van der Waals surface area contributed by atoms with Gasteiger partial charge in [-0.2, -0.15) is 0 Å². The lowest BCUT2D eigenvalue weighted by Gasteiger charge is -2.37. The number of phenols is 1. The largest absolute Gasteiger partial charge is 0.508 e. The van der Waals surface area contributed by atoms with Crippen LogP contribution in [0.4, 0.5) is 0 Å². The summed E-state index contributed by atoms with van der Waals surface area (Å²) in [5.74, 6) is 0.265. The minimum absolute atomic E-state index is 0.0323. The summed E-state index contributed by atoms with van der Waals surface area (Å²) in [4.78, 5) is 0. The standard InChI is InChI=1S/C12H17NO2/c14-9-12(7-3-4-8-13-12)10-5-1-2-6-11(10)15/h1-2,5-6,13-15H,3-4,7-9H2. The molecule has 1 fully saturated rings. The summed E-state index contributed by atoms with van der Waals surface area (Å²) in [6.07, 6.45) is 3.10. The van der Waals surface area contributed by atoms with E-state index in [0.29, 0.717) is 0 Å². The summed E-state index contributed by atoms with van der Waals surface area (Å²) in [5, 5.41) is 22.7. The molecular formula is C12H17NO2. The SMILES string of the molecule is OCC1(c2ccccc2O)CCCCN1. The molecule has 1 unspecified atom stereocenters. The van der Waals surface area contributed by atoms with Gasteiger partial charge in [0, 0.05) is 5.56 Å². The Bertz CT molecular complexity index is 332. The van der Waals surface area contributed by atoms with Gasteiger partial charge in [-0.05, 0) is 31.9 Å². The van der Waals surface area contributed by atoms with E-state index in [9.17, 15) is 10.2 Å². The van der Waals surface area contributed by atoms with E-state index in [1.165, 1.54) is 0 Å². The topological polar surface area (TPSA) is 52.5 Å². The van der Waals surface area contributed by atoms with Crippen molar-refractivity contribution in [3.8, 4) is 5.75 Å². The zero-order valence-corrected chi connectivity index (χ0v) is 8.74. The first-order valence-corrected chi connectivity index (χ1v) is 5.43. The molecule has 1 aromatic rings. The Morgan fingerprint density at radius 1 is 1.27 bits per heavy atom. The van der Waals surface area contributed by atoms with E-state index in [4.69, 9.17) is 0 Å². The van der Waals surface area contributed by atoms with Crippen LogP contribution in [-0.4, -0.2) is 23.4 Å². The summed E-state index contributed by atoms with van der Waals surface area (Å²) >= 11 is 0. The van der Waals surface area contributed by atoms with Crippen molar-refractivity contribution < 1.29 is 10.2 Å². The highest BCUT2D eigenvalue weighted by molar-refractivity contribution is 5.38. The van der Waals surface area contributed by atoms with E-state index in [0.717, 1.165) is 31.4 Å². The van der Waals surface area contributed by atoms with Crippen molar-refractivity contribution in [2.45, 2.75) is 24.8 Å². The molecule has 1 atom stereocenters. The summed E-state index contributed by atoms with van der Waals surface area (Å²) < 4.78 is 0. The molecule has 3 heteroatoms. The maximum Gasteiger partial charge on any atom is 0.120 e. The number of hydrogen-bond donors (Lipinski definition) is 3. The van der Waals surface area contributed by atoms with Crippen LogP contribution in [0.3, 0.4) is 0 Å². The van der Waals surface area contributed by atoms with E-state index in [2.05, 4.69) is 5.32 Å². The number of hydrogen-bond acceptors (Lipinski definition) is 3. The van der Waals surface area contributed by atoms with Gasteiger partial charge in [0.2, 0.25) is 0 Å². The Morgan fingerprint density at radius 3 is 2.67 bits per heavy atom. The van der Waals surface area contributed by atoms with Gasteiger partial charge in [0.15, 0.2) is 0 Å². The molecule has 1 saturated heterocycles. The molecule has 0 radical (unpaired) electrons. The van der Waals surface area contributed by atoms with Crippen LogP contribution in [0.15, 0.2) is 24.3 Å². The van der Waals surface area contributed by atoms with Gasteiger partial charge in [-0.3, -0.25) is 0 Å². The molecule has 3 N–H and O–H groups in total. The van der Waals surface area contributed by atoms with Crippen molar-refractivity contribution in [2.75, 3.05) is 13.2 Å². The van der Waals surface area contributed by atoms with Crippen molar-refractivity contribution in [1.82, 2.24) is 5.32 Å². The van der Waals surface area contributed by atoms with Gasteiger partial charge in [-0.1, -0.05) is 18.2 Å². The minimum atomic E-state index is -0.441. The third-order valence-corrected chi connectivity index (χ3v) is 3.18. The lowest BCUT2D eigenvalue weighted by Crippen LogP contribution is -2.48. The molecule has 0 amide bonds. The minimum Gasteiger partial charge on any atom is -0.508 e. The molecule has 2 rings (SSSR count). The summed E-state index contributed by atoms with van der Waals surface area (Å²) in [5.41, 5.74) is 0.371. The van der Waals surface area contributed by atoms with Gasteiger partial charge in [-0.15, -0.1) is 0 Å². The summed E-state index contributed by atoms with van der Waals surface area (Å²) in [7, 11) is 0. The highest BCUT2D eigenvalue weighted by Crippen LogP contribution is 2.34. The second-order valence-corrected chi connectivity index (χ2v) is 4.14. The monoisotopic (exact) mass is 207 g/mol. The predicted octanol–water partition coefficient (Wildman–Crippen LogP) is 1.35. The number of aliphatic hydroxyl groups excluding tert-OH is 1. The molecule has 1 heterocycles. The molecule has 0 aromatic heterocycles. The number of piperidine rings is 1. The first-order valence-electron chi connectivity index (χ1n) is 5.43. The molecule has 15 heavy (non-hydrogen) atoms. The maximum atomic E-state index is 9.81. The second-order valence-electron chi connectivity index (χ2n) is 4.14. The molecule has 0 aliphatic carbocycles. The van der Waals surface area contributed by atoms with Crippen molar-refractivity contribution in [1.29, 1.82) is 0 Å². The fourth-order valence-corrected chi connectivity index (χ4v) is 2.30. The normalized spacial score (nSPS) is 26.5. The number of aliphatic hydroxyl groups is 1. The third-order valence-electron chi connectivity index (χ3n) is 3.18. The van der Waals surface area contributed by atoms with Crippen LogP contribution in [0.1, 0.15) is 24.8 Å².